The van der Waals surface area contributed by atoms with Gasteiger partial charge in [-0.1, -0.05) is 117 Å². The number of para-hydroxylation sites is 7. The normalized spacial score (nSPS) is 14.5. The number of benzene rings is 4. The molecule has 67 heavy (non-hydrogen) atoms. The zero-order chi connectivity index (χ0) is 50.2. The maximum atomic E-state index is 5.56. The van der Waals surface area contributed by atoms with Crippen molar-refractivity contribution < 1.29 is 4.74 Å². The van der Waals surface area contributed by atoms with Crippen LogP contribution in [0.4, 0.5) is 34.1 Å². The summed E-state index contributed by atoms with van der Waals surface area (Å²) in [5, 5.41) is 3.41. The number of ether oxygens (including phenoxy) is 1. The molecule has 0 aromatic heterocycles. The van der Waals surface area contributed by atoms with Gasteiger partial charge in [-0.2, -0.15) is 0 Å². The summed E-state index contributed by atoms with van der Waals surface area (Å²) >= 11 is 0. The molecule has 0 saturated carbocycles. The molecule has 4 aromatic rings. The van der Waals surface area contributed by atoms with Crippen LogP contribution in [0.25, 0.3) is 0 Å². The van der Waals surface area contributed by atoms with Crippen molar-refractivity contribution in [2.45, 2.75) is 175 Å². The molecule has 4 aliphatic heterocycles. The first-order valence-corrected chi connectivity index (χ1v) is 26.2. The average molecular weight is 922 g/mol. The zero-order valence-electron chi connectivity index (χ0n) is 46.4. The lowest BCUT2D eigenvalue weighted by molar-refractivity contribution is 0.303. The first kappa shape index (κ1) is 58.6. The van der Waals surface area contributed by atoms with E-state index >= 15 is 0 Å². The molecule has 0 amide bonds. The van der Waals surface area contributed by atoms with E-state index in [1.54, 1.807) is 0 Å². The quantitative estimate of drug-likeness (QED) is 0.214. The van der Waals surface area contributed by atoms with Gasteiger partial charge in [0.05, 0.1) is 35.0 Å². The predicted octanol–water partition coefficient (Wildman–Crippen LogP) is 15.6. The summed E-state index contributed by atoms with van der Waals surface area (Å²) in [5.74, 6) is 3.52. The van der Waals surface area contributed by atoms with E-state index in [9.17, 15) is 0 Å². The van der Waals surface area contributed by atoms with Crippen molar-refractivity contribution in [2.75, 3.05) is 75.7 Å². The molecule has 1 N–H and O–H groups in total. The van der Waals surface area contributed by atoms with Crippen LogP contribution in [-0.4, -0.2) is 76.1 Å². The van der Waals surface area contributed by atoms with E-state index in [1.165, 1.54) is 59.1 Å². The van der Waals surface area contributed by atoms with Gasteiger partial charge in [-0.05, 0) is 148 Å². The summed E-state index contributed by atoms with van der Waals surface area (Å²) in [5.41, 5.74) is 9.57. The Bertz CT molecular complexity index is 1700. The first-order valence-electron chi connectivity index (χ1n) is 26.2. The highest BCUT2D eigenvalue weighted by Gasteiger charge is 2.25. The number of hydrogen-bond acceptors (Lipinski definition) is 7. The number of hydrogen-bond donors (Lipinski definition) is 1. The fraction of sp³-hybridized carbons (Fsp3) is 0.600. The summed E-state index contributed by atoms with van der Waals surface area (Å²) in [6.07, 6.45) is 2.55. The van der Waals surface area contributed by atoms with Crippen LogP contribution in [0.5, 0.6) is 5.75 Å². The molecule has 376 valence electrons. The Morgan fingerprint density at radius 2 is 0.731 bits per heavy atom. The van der Waals surface area contributed by atoms with Crippen LogP contribution in [-0.2, 0) is 6.42 Å². The summed E-state index contributed by atoms with van der Waals surface area (Å²) in [4.78, 5) is 12.3. The lowest BCUT2D eigenvalue weighted by Crippen LogP contribution is -2.46. The Hall–Kier alpha value is -4.52. The Labute approximate surface area is 413 Å². The van der Waals surface area contributed by atoms with Crippen molar-refractivity contribution in [3.8, 4) is 5.75 Å². The lowest BCUT2D eigenvalue weighted by atomic mass is 10.0. The fourth-order valence-corrected chi connectivity index (χ4v) is 8.15. The van der Waals surface area contributed by atoms with E-state index in [-0.39, 0.29) is 0 Å². The highest BCUT2D eigenvalue weighted by Crippen LogP contribution is 2.35. The Balaban J connectivity index is 0.000000284. The summed E-state index contributed by atoms with van der Waals surface area (Å²) in [6, 6.07) is 37.2. The lowest BCUT2D eigenvalue weighted by Gasteiger charge is -2.42. The summed E-state index contributed by atoms with van der Waals surface area (Å²) in [7, 11) is 0. The maximum absolute atomic E-state index is 5.56. The Morgan fingerprint density at radius 1 is 0.373 bits per heavy atom. The minimum atomic E-state index is 0.546. The molecule has 0 radical (unpaired) electrons. The molecule has 7 nitrogen and oxygen atoms in total. The van der Waals surface area contributed by atoms with Gasteiger partial charge in [0.25, 0.3) is 0 Å². The molecule has 4 aliphatic rings. The minimum Gasteiger partial charge on any atom is -0.490 e. The largest absolute Gasteiger partial charge is 0.490 e. The average Bonchev–Trinajstić information content (AvgIpc) is 3.28. The summed E-state index contributed by atoms with van der Waals surface area (Å²) in [6.45, 7) is 49.4. The smallest absolute Gasteiger partial charge is 0.142 e. The molecular weight excluding hydrogens is 821 g/mol. The van der Waals surface area contributed by atoms with E-state index in [1.807, 2.05) is 12.1 Å². The van der Waals surface area contributed by atoms with Gasteiger partial charge in [-0.3, -0.25) is 0 Å². The molecular formula is C60H100N6O. The molecule has 0 spiro atoms. The molecule has 0 bridgehead atoms. The fourth-order valence-electron chi connectivity index (χ4n) is 8.15. The molecule has 0 saturated heterocycles. The van der Waals surface area contributed by atoms with Crippen LogP contribution in [0, 0.1) is 17.8 Å². The molecule has 4 heterocycles. The molecule has 0 unspecified atom stereocenters. The van der Waals surface area contributed by atoms with Crippen molar-refractivity contribution in [1.82, 2.24) is 0 Å². The predicted molar refractivity (Wildman–Crippen MR) is 302 cm³/mol. The second-order valence-electron chi connectivity index (χ2n) is 21.6. The van der Waals surface area contributed by atoms with E-state index in [0.29, 0.717) is 30.2 Å². The van der Waals surface area contributed by atoms with Crippen LogP contribution in [0.2, 0.25) is 0 Å². The van der Waals surface area contributed by atoms with Crippen LogP contribution >= 0.6 is 0 Å². The SMILES string of the molecule is CC(C)C.CC(C)C.CC(C)C.CC(C)N1CCCc2ccccc21.CC(C)N1CCN(C(C)C)c2ccccc21.CC(C)N1CCNc2ccccc21.CC(C)N1CCOc2ccccc21. The highest BCUT2D eigenvalue weighted by atomic mass is 16.5. The van der Waals surface area contributed by atoms with Gasteiger partial charge in [0.2, 0.25) is 0 Å². The number of nitrogens with zero attached hydrogens (tertiary/aromatic N) is 5. The maximum Gasteiger partial charge on any atom is 0.142 e. The van der Waals surface area contributed by atoms with E-state index in [2.05, 4.69) is 246 Å². The van der Waals surface area contributed by atoms with E-state index in [4.69, 9.17) is 4.74 Å². The third-order valence-electron chi connectivity index (χ3n) is 11.0. The van der Waals surface area contributed by atoms with Gasteiger partial charge in [0.15, 0.2) is 0 Å². The van der Waals surface area contributed by atoms with Gasteiger partial charge in [0.1, 0.15) is 12.4 Å². The minimum absolute atomic E-state index is 0.546. The first-order chi connectivity index (χ1) is 31.7. The molecule has 0 fully saturated rings. The molecule has 0 atom stereocenters. The van der Waals surface area contributed by atoms with Crippen molar-refractivity contribution in [2.24, 2.45) is 17.8 Å². The number of fused-ring (bicyclic) bond motifs is 4. The van der Waals surface area contributed by atoms with Gasteiger partial charge in [0, 0.05) is 68.6 Å². The van der Waals surface area contributed by atoms with E-state index in [0.717, 1.165) is 62.8 Å². The number of anilines is 6. The topological polar surface area (TPSA) is 37.5 Å². The zero-order valence-corrected chi connectivity index (χ0v) is 46.4. The number of nitrogens with one attached hydrogen (secondary N) is 1. The van der Waals surface area contributed by atoms with Crippen molar-refractivity contribution >= 4 is 34.1 Å². The van der Waals surface area contributed by atoms with Crippen LogP contribution in [0.1, 0.15) is 144 Å². The summed E-state index contributed by atoms with van der Waals surface area (Å²) < 4.78 is 5.56. The third kappa shape index (κ3) is 20.7. The number of rotatable bonds is 5. The monoisotopic (exact) mass is 921 g/mol. The molecule has 4 aromatic carbocycles. The number of aryl methyl sites for hydroxylation is 1. The van der Waals surface area contributed by atoms with E-state index < -0.39 is 0 Å². The molecule has 8 rings (SSSR count). The second kappa shape index (κ2) is 30.8. The van der Waals surface area contributed by atoms with Crippen molar-refractivity contribution in [3.05, 3.63) is 103 Å². The van der Waals surface area contributed by atoms with Gasteiger partial charge < -0.3 is 34.6 Å². The van der Waals surface area contributed by atoms with Crippen molar-refractivity contribution in [1.29, 1.82) is 0 Å². The van der Waals surface area contributed by atoms with Crippen LogP contribution in [0.3, 0.4) is 0 Å². The standard InChI is InChI=1S/C14H22N2.C12H17N.C11H16N2.C11H15NO.3C4H10/c1-11(2)15-9-10-16(12(3)4)14-8-6-5-7-13(14)15;1-10(2)13-9-5-7-11-6-3-4-8-12(11)13;1-9(2)13-8-7-12-10-5-3-4-6-11(10)13;1-9(2)12-7-8-13-11-6-4-3-5-10(11)12;3*1-4(2)3/h5-8,11-12H,9-10H2,1-4H3;3-4,6,8,10H,5,7,9H2,1-2H3;3-6,9,12H,7-8H2,1-2H3;3-6,9H,7-8H2,1-2H3;3*4H,1-3H3. The highest BCUT2D eigenvalue weighted by molar-refractivity contribution is 5.74. The van der Waals surface area contributed by atoms with Crippen molar-refractivity contribution in [3.63, 3.8) is 0 Å². The molecule has 7 heteroatoms. The van der Waals surface area contributed by atoms with Gasteiger partial charge in [-0.15, -0.1) is 0 Å². The third-order valence-corrected chi connectivity index (χ3v) is 11.0. The Kier molecular flexibility index (Phi) is 26.9. The Morgan fingerprint density at radius 3 is 1.21 bits per heavy atom. The second-order valence-corrected chi connectivity index (χ2v) is 21.6. The van der Waals surface area contributed by atoms with Gasteiger partial charge >= 0.3 is 0 Å². The van der Waals surface area contributed by atoms with Crippen LogP contribution in [0.15, 0.2) is 97.1 Å². The van der Waals surface area contributed by atoms with Crippen LogP contribution < -0.4 is 34.6 Å². The van der Waals surface area contributed by atoms with Gasteiger partial charge in [-0.25, -0.2) is 0 Å². The molecule has 0 aliphatic carbocycles.